The highest BCUT2D eigenvalue weighted by Gasteiger charge is 2.08. The van der Waals surface area contributed by atoms with Crippen molar-refractivity contribution >= 4 is 20.3 Å². The van der Waals surface area contributed by atoms with Gasteiger partial charge >= 0.3 is 14.8 Å². The second kappa shape index (κ2) is 6.68. The minimum Gasteiger partial charge on any atom is -0.429 e. The summed E-state index contributed by atoms with van der Waals surface area (Å²) in [4.78, 5) is 0. The molecule has 0 saturated carbocycles. The van der Waals surface area contributed by atoms with Crippen LogP contribution in [0.1, 0.15) is 5.56 Å². The smallest absolute Gasteiger partial charge is 0.429 e. The lowest BCUT2D eigenvalue weighted by Crippen LogP contribution is -2.29. The van der Waals surface area contributed by atoms with Crippen molar-refractivity contribution in [2.45, 2.75) is 6.92 Å². The van der Waals surface area contributed by atoms with Gasteiger partial charge in [0.25, 0.3) is 0 Å². The monoisotopic (exact) mass is 181 g/mol. The molecule has 4 nitrogen and oxygen atoms in total. The lowest BCUT2D eigenvalue weighted by Gasteiger charge is -1.98. The van der Waals surface area contributed by atoms with E-state index in [1.807, 2.05) is 13.0 Å². The normalized spacial score (nSPS) is 8.38. The molecule has 0 fully saturated rings. The summed E-state index contributed by atoms with van der Waals surface area (Å²) in [6.45, 7) is 1.91. The van der Waals surface area contributed by atoms with Gasteiger partial charge in [0.1, 0.15) is 0 Å². The summed E-state index contributed by atoms with van der Waals surface area (Å²) in [6.07, 6.45) is 0. The molecule has 0 unspecified atom stereocenters. The Hall–Kier alpha value is -0.810. The van der Waals surface area contributed by atoms with Gasteiger partial charge in [0.15, 0.2) is 0 Å². The SMILES string of the molecule is Cc1cccc(B(O)O)c1.O[B]O. The first kappa shape index (κ1) is 12.2. The summed E-state index contributed by atoms with van der Waals surface area (Å²) < 4.78 is 0. The lowest BCUT2D eigenvalue weighted by atomic mass is 9.80. The van der Waals surface area contributed by atoms with Gasteiger partial charge in [-0.05, 0) is 12.4 Å². The van der Waals surface area contributed by atoms with E-state index in [2.05, 4.69) is 0 Å². The first-order valence-corrected chi connectivity index (χ1v) is 3.64. The fraction of sp³-hybridized carbons (Fsp3) is 0.143. The Kier molecular flexibility index (Phi) is 6.26. The van der Waals surface area contributed by atoms with Crippen LogP contribution < -0.4 is 5.46 Å². The summed E-state index contributed by atoms with van der Waals surface area (Å²) in [5.41, 5.74) is 1.57. The zero-order valence-electron chi connectivity index (χ0n) is 7.25. The van der Waals surface area contributed by atoms with E-state index in [1.54, 1.807) is 18.2 Å². The Morgan fingerprint density at radius 1 is 1.23 bits per heavy atom. The Morgan fingerprint density at radius 3 is 2.08 bits per heavy atom. The van der Waals surface area contributed by atoms with Gasteiger partial charge in [-0.3, -0.25) is 0 Å². The topological polar surface area (TPSA) is 80.9 Å². The first-order chi connectivity index (χ1) is 6.11. The van der Waals surface area contributed by atoms with Crippen molar-refractivity contribution < 1.29 is 20.1 Å². The van der Waals surface area contributed by atoms with Gasteiger partial charge in [-0.1, -0.05) is 29.8 Å². The number of hydrogen-bond donors (Lipinski definition) is 4. The third kappa shape index (κ3) is 5.43. The fourth-order valence-corrected chi connectivity index (χ4v) is 0.831. The zero-order chi connectivity index (χ0) is 10.3. The summed E-state index contributed by atoms with van der Waals surface area (Å²) in [5, 5.41) is 31.4. The van der Waals surface area contributed by atoms with E-state index in [0.717, 1.165) is 5.56 Å². The standard InChI is InChI=1S/C7H9BO2.BH2O2/c1-6-3-2-4-7(5-6)8(9)10;2-1-3/h2-5,9-10H,1H3;2-3H. The molecule has 0 aliphatic carbocycles. The molecule has 1 aromatic carbocycles. The third-order valence-corrected chi connectivity index (χ3v) is 1.34. The molecule has 69 valence electrons. The van der Waals surface area contributed by atoms with E-state index < -0.39 is 7.12 Å². The van der Waals surface area contributed by atoms with Crippen molar-refractivity contribution in [3.05, 3.63) is 29.8 Å². The Balaban J connectivity index is 0.000000424. The van der Waals surface area contributed by atoms with Gasteiger partial charge in [-0.2, -0.15) is 0 Å². The van der Waals surface area contributed by atoms with Crippen molar-refractivity contribution in [1.29, 1.82) is 0 Å². The maximum absolute atomic E-state index is 8.70. The molecule has 0 bridgehead atoms. The van der Waals surface area contributed by atoms with Crippen LogP contribution in [0.25, 0.3) is 0 Å². The van der Waals surface area contributed by atoms with Crippen molar-refractivity contribution in [1.82, 2.24) is 0 Å². The predicted octanol–water partition coefficient (Wildman–Crippen LogP) is -1.82. The maximum Gasteiger partial charge on any atom is 0.488 e. The number of rotatable bonds is 1. The lowest BCUT2D eigenvalue weighted by molar-refractivity contribution is 0.425. The van der Waals surface area contributed by atoms with E-state index in [9.17, 15) is 0 Å². The molecule has 1 rings (SSSR count). The summed E-state index contributed by atoms with van der Waals surface area (Å²) in [7, 11) is -1.35. The minimum atomic E-state index is -1.35. The van der Waals surface area contributed by atoms with Crippen LogP contribution in [0.15, 0.2) is 24.3 Å². The minimum absolute atomic E-state index is 0. The predicted molar refractivity (Wildman–Crippen MR) is 51.2 cm³/mol. The molecule has 0 atom stereocenters. The van der Waals surface area contributed by atoms with Crippen LogP contribution in [0, 0.1) is 6.92 Å². The van der Waals surface area contributed by atoms with E-state index in [0.29, 0.717) is 5.46 Å². The molecular weight excluding hydrogens is 170 g/mol. The van der Waals surface area contributed by atoms with E-state index >= 15 is 0 Å². The number of hydrogen-bond acceptors (Lipinski definition) is 4. The van der Waals surface area contributed by atoms with Gasteiger partial charge in [-0.15, -0.1) is 0 Å². The summed E-state index contributed by atoms with van der Waals surface area (Å²) >= 11 is 0. The third-order valence-electron chi connectivity index (χ3n) is 1.34. The molecular formula is C7H11B2O4. The Labute approximate surface area is 77.9 Å². The molecule has 6 heteroatoms. The Morgan fingerprint density at radius 2 is 1.77 bits per heavy atom. The molecule has 0 amide bonds. The highest BCUT2D eigenvalue weighted by atomic mass is 16.4. The highest BCUT2D eigenvalue weighted by molar-refractivity contribution is 6.58. The van der Waals surface area contributed by atoms with Gasteiger partial charge < -0.3 is 20.1 Å². The van der Waals surface area contributed by atoms with Crippen LogP contribution in [0.4, 0.5) is 0 Å². The first-order valence-electron chi connectivity index (χ1n) is 3.64. The van der Waals surface area contributed by atoms with E-state index in [1.165, 1.54) is 0 Å². The molecule has 1 radical (unpaired) electrons. The molecule has 4 N–H and O–H groups in total. The van der Waals surface area contributed by atoms with Crippen molar-refractivity contribution in [2.75, 3.05) is 0 Å². The average molecular weight is 181 g/mol. The molecule has 0 aliphatic heterocycles. The fourth-order valence-electron chi connectivity index (χ4n) is 0.831. The van der Waals surface area contributed by atoms with Crippen LogP contribution in [0.2, 0.25) is 0 Å². The summed E-state index contributed by atoms with van der Waals surface area (Å²) in [5.74, 6) is 0. The van der Waals surface area contributed by atoms with Gasteiger partial charge in [0.05, 0.1) is 0 Å². The van der Waals surface area contributed by atoms with Gasteiger partial charge in [0, 0.05) is 0 Å². The molecule has 0 aliphatic rings. The highest BCUT2D eigenvalue weighted by Crippen LogP contribution is 1.92. The van der Waals surface area contributed by atoms with Crippen molar-refractivity contribution in [3.8, 4) is 0 Å². The maximum atomic E-state index is 8.70. The second-order valence-corrected chi connectivity index (χ2v) is 2.40. The zero-order valence-corrected chi connectivity index (χ0v) is 7.25. The molecule has 1 aromatic rings. The van der Waals surface area contributed by atoms with Crippen molar-refractivity contribution in [3.63, 3.8) is 0 Å². The van der Waals surface area contributed by atoms with Crippen LogP contribution in [0.3, 0.4) is 0 Å². The van der Waals surface area contributed by atoms with E-state index in [4.69, 9.17) is 20.1 Å². The van der Waals surface area contributed by atoms with Gasteiger partial charge in [0.2, 0.25) is 0 Å². The number of benzene rings is 1. The van der Waals surface area contributed by atoms with Gasteiger partial charge in [-0.25, -0.2) is 0 Å². The summed E-state index contributed by atoms with van der Waals surface area (Å²) in [6, 6.07) is 7.12. The van der Waals surface area contributed by atoms with Crippen LogP contribution >= 0.6 is 0 Å². The molecule has 0 saturated heterocycles. The van der Waals surface area contributed by atoms with Crippen LogP contribution in [-0.4, -0.2) is 34.9 Å². The van der Waals surface area contributed by atoms with Crippen molar-refractivity contribution in [2.24, 2.45) is 0 Å². The quantitative estimate of drug-likeness (QED) is 0.384. The largest absolute Gasteiger partial charge is 0.488 e. The average Bonchev–Trinajstić information content (AvgIpc) is 2.05. The van der Waals surface area contributed by atoms with Crippen LogP contribution in [-0.2, 0) is 0 Å². The van der Waals surface area contributed by atoms with Crippen LogP contribution in [0.5, 0.6) is 0 Å². The number of aryl methyl sites for hydroxylation is 1. The molecule has 0 heterocycles. The Bertz CT molecular complexity index is 242. The molecule has 0 spiro atoms. The second-order valence-electron chi connectivity index (χ2n) is 2.40. The van der Waals surface area contributed by atoms with E-state index in [-0.39, 0.29) is 7.69 Å². The molecule has 13 heavy (non-hydrogen) atoms. The molecule has 0 aromatic heterocycles.